The molecule has 3 aromatic rings. The number of hydrogen-bond donors (Lipinski definition) is 2. The van der Waals surface area contributed by atoms with Crippen LogP contribution in [0.15, 0.2) is 59.7 Å². The normalized spacial score (nSPS) is 11.8. The Morgan fingerprint density at radius 2 is 1.68 bits per heavy atom. The predicted octanol–water partition coefficient (Wildman–Crippen LogP) is 4.59. The van der Waals surface area contributed by atoms with E-state index in [1.807, 2.05) is 30.3 Å². The van der Waals surface area contributed by atoms with Gasteiger partial charge < -0.3 is 5.32 Å². The Kier molecular flexibility index (Phi) is 4.66. The van der Waals surface area contributed by atoms with Gasteiger partial charge in [0.15, 0.2) is 0 Å². The molecule has 0 fully saturated rings. The van der Waals surface area contributed by atoms with Crippen LogP contribution in [0.25, 0.3) is 0 Å². The van der Waals surface area contributed by atoms with E-state index in [0.717, 1.165) is 11.4 Å². The topological polar surface area (TPSA) is 58.0 Å². The number of rotatable bonds is 4. The van der Waals surface area contributed by atoms with Crippen molar-refractivity contribution in [2.75, 3.05) is 5.32 Å². The molecule has 0 radical (unpaired) electrons. The summed E-state index contributed by atoms with van der Waals surface area (Å²) in [6.45, 7) is 0. The lowest BCUT2D eigenvalue weighted by Crippen LogP contribution is -2.12. The van der Waals surface area contributed by atoms with E-state index < -0.39 is 12.0 Å². The molecule has 0 bridgehead atoms. The Hall–Kier alpha value is -2.94. The van der Waals surface area contributed by atoms with Gasteiger partial charge in [-0.05, 0) is 42.0 Å². The smallest absolute Gasteiger partial charge is 0.356 e. The summed E-state index contributed by atoms with van der Waals surface area (Å²) in [6.07, 6.45) is -3.36. The highest BCUT2D eigenvalue weighted by molar-refractivity contribution is 7.71. The van der Waals surface area contributed by atoms with Gasteiger partial charge in [0.1, 0.15) is 0 Å². The molecule has 128 valence electrons. The first kappa shape index (κ1) is 16.9. The third kappa shape index (κ3) is 4.13. The fourth-order valence-corrected chi connectivity index (χ4v) is 2.23. The molecule has 3 rings (SSSR count). The number of benzene rings is 2. The predicted molar refractivity (Wildman–Crippen MR) is 91.6 cm³/mol. The van der Waals surface area contributed by atoms with Crippen LogP contribution in [-0.2, 0) is 6.18 Å². The number of hydrogen-bond acceptors (Lipinski definition) is 4. The Labute approximate surface area is 145 Å². The van der Waals surface area contributed by atoms with E-state index in [9.17, 15) is 13.2 Å². The molecule has 5 nitrogen and oxygen atoms in total. The van der Waals surface area contributed by atoms with E-state index in [0.29, 0.717) is 10.2 Å². The van der Waals surface area contributed by atoms with Crippen LogP contribution in [0.1, 0.15) is 11.4 Å². The highest BCUT2D eigenvalue weighted by Crippen LogP contribution is 2.27. The number of anilines is 2. The van der Waals surface area contributed by atoms with Gasteiger partial charge in [0.25, 0.3) is 5.82 Å². The van der Waals surface area contributed by atoms with Crippen LogP contribution in [-0.4, -0.2) is 21.1 Å². The molecule has 0 saturated carbocycles. The van der Waals surface area contributed by atoms with Gasteiger partial charge in [-0.3, -0.25) is 0 Å². The van der Waals surface area contributed by atoms with Gasteiger partial charge in [-0.1, -0.05) is 30.3 Å². The Morgan fingerprint density at radius 3 is 2.32 bits per heavy atom. The molecule has 0 amide bonds. The number of H-pyrrole nitrogens is 1. The minimum atomic E-state index is -4.64. The molecule has 2 aromatic carbocycles. The maximum absolute atomic E-state index is 12.8. The second-order valence-corrected chi connectivity index (χ2v) is 5.41. The minimum absolute atomic E-state index is 0.231. The zero-order valence-corrected chi connectivity index (χ0v) is 13.5. The fourth-order valence-electron chi connectivity index (χ4n) is 2.05. The SMILES string of the molecule is FC(F)(F)c1n[nH]c(=S)n1/N=C\c1ccc(Nc2ccccc2)cc1. The number of para-hydroxylation sites is 1. The van der Waals surface area contributed by atoms with Gasteiger partial charge >= 0.3 is 6.18 Å². The Morgan fingerprint density at radius 1 is 1.04 bits per heavy atom. The number of aromatic amines is 1. The number of nitrogens with zero attached hydrogens (tertiary/aromatic N) is 3. The van der Waals surface area contributed by atoms with Crippen LogP contribution in [0, 0.1) is 4.77 Å². The average molecular weight is 363 g/mol. The van der Waals surface area contributed by atoms with Crippen molar-refractivity contribution in [3.8, 4) is 0 Å². The third-order valence-corrected chi connectivity index (χ3v) is 3.46. The Balaban J connectivity index is 1.77. The van der Waals surface area contributed by atoms with Crippen LogP contribution in [0.3, 0.4) is 0 Å². The van der Waals surface area contributed by atoms with Gasteiger partial charge in [0.05, 0.1) is 6.21 Å². The fraction of sp³-hybridized carbons (Fsp3) is 0.0625. The van der Waals surface area contributed by atoms with Crippen LogP contribution < -0.4 is 5.32 Å². The molecule has 0 saturated heterocycles. The number of nitrogens with one attached hydrogen (secondary N) is 2. The van der Waals surface area contributed by atoms with E-state index in [1.165, 1.54) is 6.21 Å². The summed E-state index contributed by atoms with van der Waals surface area (Å²) in [4.78, 5) is 0. The maximum Gasteiger partial charge on any atom is 0.453 e. The number of alkyl halides is 3. The lowest BCUT2D eigenvalue weighted by atomic mass is 10.2. The molecule has 9 heteroatoms. The average Bonchev–Trinajstić information content (AvgIpc) is 2.96. The first-order valence-corrected chi connectivity index (χ1v) is 7.55. The largest absolute Gasteiger partial charge is 0.453 e. The van der Waals surface area contributed by atoms with E-state index >= 15 is 0 Å². The lowest BCUT2D eigenvalue weighted by Gasteiger charge is -2.06. The highest BCUT2D eigenvalue weighted by Gasteiger charge is 2.37. The van der Waals surface area contributed by atoms with Gasteiger partial charge in [-0.2, -0.15) is 22.9 Å². The van der Waals surface area contributed by atoms with Crippen molar-refractivity contribution in [1.82, 2.24) is 14.9 Å². The van der Waals surface area contributed by atoms with Crippen molar-refractivity contribution in [2.24, 2.45) is 5.10 Å². The van der Waals surface area contributed by atoms with Crippen molar-refractivity contribution in [3.63, 3.8) is 0 Å². The molecule has 1 heterocycles. The minimum Gasteiger partial charge on any atom is -0.356 e. The Bertz CT molecular complexity index is 927. The summed E-state index contributed by atoms with van der Waals surface area (Å²) in [7, 11) is 0. The molecule has 0 atom stereocenters. The number of aromatic nitrogens is 3. The molecule has 0 aliphatic heterocycles. The maximum atomic E-state index is 12.8. The molecule has 0 spiro atoms. The molecular formula is C16H12F3N5S. The van der Waals surface area contributed by atoms with Crippen LogP contribution in [0.4, 0.5) is 24.5 Å². The monoisotopic (exact) mass is 363 g/mol. The van der Waals surface area contributed by atoms with Gasteiger partial charge in [-0.25, -0.2) is 5.10 Å². The second kappa shape index (κ2) is 6.89. The van der Waals surface area contributed by atoms with Gasteiger partial charge in [0, 0.05) is 11.4 Å². The van der Waals surface area contributed by atoms with Crippen molar-refractivity contribution in [3.05, 3.63) is 70.8 Å². The molecule has 0 unspecified atom stereocenters. The van der Waals surface area contributed by atoms with E-state index in [2.05, 4.69) is 20.6 Å². The van der Waals surface area contributed by atoms with E-state index in [4.69, 9.17) is 12.2 Å². The van der Waals surface area contributed by atoms with Crippen molar-refractivity contribution in [1.29, 1.82) is 0 Å². The summed E-state index contributed by atoms with van der Waals surface area (Å²) >= 11 is 4.77. The summed E-state index contributed by atoms with van der Waals surface area (Å²) in [5.74, 6) is -1.20. The second-order valence-electron chi connectivity index (χ2n) is 5.02. The summed E-state index contributed by atoms with van der Waals surface area (Å²) in [5.41, 5.74) is 2.40. The zero-order chi connectivity index (χ0) is 17.9. The molecule has 0 aliphatic carbocycles. The van der Waals surface area contributed by atoms with Crippen molar-refractivity contribution < 1.29 is 13.2 Å². The van der Waals surface area contributed by atoms with Crippen molar-refractivity contribution >= 4 is 29.8 Å². The molecule has 25 heavy (non-hydrogen) atoms. The molecular weight excluding hydrogens is 351 g/mol. The number of halogens is 3. The third-order valence-electron chi connectivity index (χ3n) is 3.20. The standard InChI is InChI=1S/C16H12F3N5S/c17-16(18,19)14-22-23-15(25)24(14)20-10-11-6-8-13(9-7-11)21-12-4-2-1-3-5-12/h1-10,21H,(H,23,25)/b20-10-. The summed E-state index contributed by atoms with van der Waals surface area (Å²) in [5, 5.41) is 12.2. The lowest BCUT2D eigenvalue weighted by molar-refractivity contribution is -0.147. The van der Waals surface area contributed by atoms with Crippen LogP contribution in [0.5, 0.6) is 0 Å². The van der Waals surface area contributed by atoms with Crippen molar-refractivity contribution in [2.45, 2.75) is 6.18 Å². The first-order valence-electron chi connectivity index (χ1n) is 7.14. The van der Waals surface area contributed by atoms with Crippen LogP contribution in [0.2, 0.25) is 0 Å². The first-order chi connectivity index (χ1) is 11.9. The molecule has 1 aromatic heterocycles. The molecule has 2 N–H and O–H groups in total. The highest BCUT2D eigenvalue weighted by atomic mass is 32.1. The van der Waals surface area contributed by atoms with E-state index in [1.54, 1.807) is 24.3 Å². The quantitative estimate of drug-likeness (QED) is 0.527. The summed E-state index contributed by atoms with van der Waals surface area (Å²) in [6, 6.07) is 16.6. The van der Waals surface area contributed by atoms with Gasteiger partial charge in [0.2, 0.25) is 4.77 Å². The summed E-state index contributed by atoms with van der Waals surface area (Å²) < 4.78 is 38.8. The van der Waals surface area contributed by atoms with Crippen LogP contribution >= 0.6 is 12.2 Å². The zero-order valence-electron chi connectivity index (χ0n) is 12.7. The van der Waals surface area contributed by atoms with Gasteiger partial charge in [-0.15, -0.1) is 5.10 Å². The molecule has 0 aliphatic rings. The van der Waals surface area contributed by atoms with E-state index in [-0.39, 0.29) is 4.77 Å².